The fourth-order valence-corrected chi connectivity index (χ4v) is 2.88. The van der Waals surface area contributed by atoms with E-state index in [0.717, 1.165) is 26.1 Å². The van der Waals surface area contributed by atoms with Crippen molar-refractivity contribution in [2.75, 3.05) is 20.3 Å². The second-order valence-corrected chi connectivity index (χ2v) is 5.69. The molecule has 0 aromatic carbocycles. The Morgan fingerprint density at radius 2 is 2.27 bits per heavy atom. The molecule has 0 bridgehead atoms. The van der Waals surface area contributed by atoms with Gasteiger partial charge < -0.3 is 10.1 Å². The summed E-state index contributed by atoms with van der Waals surface area (Å²) in [5.74, 6) is 0. The number of unbranched alkanes of at least 4 members (excludes halogenated alkanes) is 1. The molecule has 0 saturated carbocycles. The number of thiophene rings is 1. The second-order valence-electron chi connectivity index (χ2n) is 3.49. The van der Waals surface area contributed by atoms with Gasteiger partial charge in [0.1, 0.15) is 0 Å². The highest BCUT2D eigenvalue weighted by molar-refractivity contribution is 9.10. The Kier molecular flexibility index (Phi) is 6.48. The van der Waals surface area contributed by atoms with E-state index in [4.69, 9.17) is 4.74 Å². The van der Waals surface area contributed by atoms with Crippen molar-refractivity contribution < 1.29 is 4.74 Å². The highest BCUT2D eigenvalue weighted by atomic mass is 79.9. The monoisotopic (exact) mass is 291 g/mol. The molecule has 15 heavy (non-hydrogen) atoms. The smallest absolute Gasteiger partial charge is 0.0462 e. The third-order valence-electron chi connectivity index (χ3n) is 2.16. The van der Waals surface area contributed by atoms with E-state index in [1.54, 1.807) is 7.11 Å². The summed E-state index contributed by atoms with van der Waals surface area (Å²) in [6.45, 7) is 5.05. The van der Waals surface area contributed by atoms with Crippen molar-refractivity contribution >= 4 is 27.3 Å². The number of hydrogen-bond donors (Lipinski definition) is 1. The van der Waals surface area contributed by atoms with E-state index in [1.165, 1.54) is 20.6 Å². The van der Waals surface area contributed by atoms with Crippen LogP contribution in [0.3, 0.4) is 0 Å². The summed E-state index contributed by atoms with van der Waals surface area (Å²) in [5.41, 5.74) is 0. The Morgan fingerprint density at radius 3 is 2.87 bits per heavy atom. The lowest BCUT2D eigenvalue weighted by Gasteiger charge is -2.02. The van der Waals surface area contributed by atoms with E-state index in [2.05, 4.69) is 34.2 Å². The van der Waals surface area contributed by atoms with Gasteiger partial charge in [0, 0.05) is 34.5 Å². The minimum absolute atomic E-state index is 0.866. The summed E-state index contributed by atoms with van der Waals surface area (Å²) in [4.78, 5) is 2.75. The molecule has 1 aromatic rings. The summed E-state index contributed by atoms with van der Waals surface area (Å²) < 4.78 is 6.22. The van der Waals surface area contributed by atoms with Crippen molar-refractivity contribution in [1.29, 1.82) is 0 Å². The molecule has 1 heterocycles. The molecule has 0 radical (unpaired) electrons. The molecule has 0 aliphatic heterocycles. The van der Waals surface area contributed by atoms with Gasteiger partial charge >= 0.3 is 0 Å². The molecule has 0 spiro atoms. The maximum Gasteiger partial charge on any atom is 0.0462 e. The fourth-order valence-electron chi connectivity index (χ4n) is 1.31. The molecule has 1 N–H and O–H groups in total. The first kappa shape index (κ1) is 13.2. The Balaban J connectivity index is 2.10. The van der Waals surface area contributed by atoms with Gasteiger partial charge in [0.25, 0.3) is 0 Å². The standard InChI is InChI=1S/C11H18BrNOS/c1-9-11(12)7-10(15-9)8-13-5-3-4-6-14-2/h7,13H,3-6,8H2,1-2H3. The van der Waals surface area contributed by atoms with Gasteiger partial charge in [-0.15, -0.1) is 11.3 Å². The minimum atomic E-state index is 0.866. The molecule has 1 rings (SSSR count). The molecular weight excluding hydrogens is 274 g/mol. The van der Waals surface area contributed by atoms with Gasteiger partial charge in [-0.25, -0.2) is 0 Å². The zero-order chi connectivity index (χ0) is 11.1. The number of aryl methyl sites for hydroxylation is 1. The van der Waals surface area contributed by atoms with Crippen LogP contribution in [0, 0.1) is 6.92 Å². The molecule has 2 nitrogen and oxygen atoms in total. The van der Waals surface area contributed by atoms with E-state index < -0.39 is 0 Å². The molecule has 0 amide bonds. The molecule has 0 aliphatic rings. The van der Waals surface area contributed by atoms with E-state index in [1.807, 2.05) is 11.3 Å². The molecule has 0 atom stereocenters. The van der Waals surface area contributed by atoms with Crippen molar-refractivity contribution in [1.82, 2.24) is 5.32 Å². The lowest BCUT2D eigenvalue weighted by atomic mass is 10.3. The first-order valence-corrected chi connectivity index (χ1v) is 6.79. The third kappa shape index (κ3) is 5.11. The van der Waals surface area contributed by atoms with Crippen molar-refractivity contribution in [2.24, 2.45) is 0 Å². The largest absolute Gasteiger partial charge is 0.385 e. The van der Waals surface area contributed by atoms with Crippen LogP contribution in [0.5, 0.6) is 0 Å². The topological polar surface area (TPSA) is 21.3 Å². The van der Waals surface area contributed by atoms with Crippen molar-refractivity contribution in [3.8, 4) is 0 Å². The first-order chi connectivity index (χ1) is 7.24. The van der Waals surface area contributed by atoms with Gasteiger partial charge in [0.05, 0.1) is 0 Å². The lowest BCUT2D eigenvalue weighted by Crippen LogP contribution is -2.14. The van der Waals surface area contributed by atoms with Gasteiger partial charge in [-0.2, -0.15) is 0 Å². The van der Waals surface area contributed by atoms with Crippen molar-refractivity contribution in [2.45, 2.75) is 26.3 Å². The minimum Gasteiger partial charge on any atom is -0.385 e. The van der Waals surface area contributed by atoms with Crippen molar-refractivity contribution in [3.63, 3.8) is 0 Å². The molecule has 0 fully saturated rings. The average Bonchev–Trinajstić information content (AvgIpc) is 2.52. The molecule has 0 saturated heterocycles. The molecule has 4 heteroatoms. The number of hydrogen-bond acceptors (Lipinski definition) is 3. The normalized spacial score (nSPS) is 10.9. The lowest BCUT2D eigenvalue weighted by molar-refractivity contribution is 0.192. The zero-order valence-electron chi connectivity index (χ0n) is 9.31. The molecule has 0 aliphatic carbocycles. The van der Waals surface area contributed by atoms with E-state index in [-0.39, 0.29) is 0 Å². The molecule has 1 aromatic heterocycles. The van der Waals surface area contributed by atoms with Gasteiger partial charge in [-0.05, 0) is 48.3 Å². The number of halogens is 1. The van der Waals surface area contributed by atoms with Crippen LogP contribution >= 0.6 is 27.3 Å². The highest BCUT2D eigenvalue weighted by Crippen LogP contribution is 2.25. The first-order valence-electron chi connectivity index (χ1n) is 5.18. The number of ether oxygens (including phenoxy) is 1. The van der Waals surface area contributed by atoms with Gasteiger partial charge in [0.15, 0.2) is 0 Å². The number of methoxy groups -OCH3 is 1. The molecule has 86 valence electrons. The number of rotatable bonds is 7. The quantitative estimate of drug-likeness (QED) is 0.778. The van der Waals surface area contributed by atoms with Crippen molar-refractivity contribution in [3.05, 3.63) is 20.3 Å². The van der Waals surface area contributed by atoms with Crippen LogP contribution in [0.25, 0.3) is 0 Å². The summed E-state index contributed by atoms with van der Waals surface area (Å²) in [6, 6.07) is 2.20. The maximum atomic E-state index is 4.99. The van der Waals surface area contributed by atoms with Crippen LogP contribution in [-0.2, 0) is 11.3 Å². The van der Waals surface area contributed by atoms with E-state index in [0.29, 0.717) is 0 Å². The van der Waals surface area contributed by atoms with Crippen LogP contribution in [-0.4, -0.2) is 20.3 Å². The SMILES string of the molecule is COCCCCNCc1cc(Br)c(C)s1. The van der Waals surface area contributed by atoms with Crippen LogP contribution in [0.15, 0.2) is 10.5 Å². The van der Waals surface area contributed by atoms with Crippen LogP contribution in [0.1, 0.15) is 22.6 Å². The third-order valence-corrected chi connectivity index (χ3v) is 4.30. The molecule has 0 unspecified atom stereocenters. The predicted molar refractivity (Wildman–Crippen MR) is 69.6 cm³/mol. The van der Waals surface area contributed by atoms with Gasteiger partial charge in [-0.1, -0.05) is 0 Å². The Morgan fingerprint density at radius 1 is 1.47 bits per heavy atom. The summed E-state index contributed by atoms with van der Waals surface area (Å²) in [5, 5.41) is 3.44. The zero-order valence-corrected chi connectivity index (χ0v) is 11.7. The highest BCUT2D eigenvalue weighted by Gasteiger charge is 2.01. The van der Waals surface area contributed by atoms with Gasteiger partial charge in [0.2, 0.25) is 0 Å². The Labute approximate surface area is 104 Å². The van der Waals surface area contributed by atoms with Crippen LogP contribution in [0.2, 0.25) is 0 Å². The summed E-state index contributed by atoms with van der Waals surface area (Å²) >= 11 is 5.37. The summed E-state index contributed by atoms with van der Waals surface area (Å²) in [7, 11) is 1.75. The van der Waals surface area contributed by atoms with Crippen LogP contribution in [0.4, 0.5) is 0 Å². The fraction of sp³-hybridized carbons (Fsp3) is 0.636. The predicted octanol–water partition coefficient (Wildman–Crippen LogP) is 3.34. The van der Waals surface area contributed by atoms with E-state index in [9.17, 15) is 0 Å². The number of nitrogens with one attached hydrogen (secondary N) is 1. The average molecular weight is 292 g/mol. The van der Waals surface area contributed by atoms with E-state index >= 15 is 0 Å². The van der Waals surface area contributed by atoms with Gasteiger partial charge in [-0.3, -0.25) is 0 Å². The Hall–Kier alpha value is 0.1000. The molecular formula is C11H18BrNOS. The van der Waals surface area contributed by atoms with Crippen LogP contribution < -0.4 is 5.32 Å². The maximum absolute atomic E-state index is 4.99. The second kappa shape index (κ2) is 7.39. The summed E-state index contributed by atoms with van der Waals surface area (Å²) in [6.07, 6.45) is 2.32. The Bertz CT molecular complexity index is 269.